The lowest BCUT2D eigenvalue weighted by Gasteiger charge is -2.27. The summed E-state index contributed by atoms with van der Waals surface area (Å²) in [6, 6.07) is 0. The summed E-state index contributed by atoms with van der Waals surface area (Å²) < 4.78 is 0. The van der Waals surface area contributed by atoms with Crippen LogP contribution in [0.3, 0.4) is 0 Å². The van der Waals surface area contributed by atoms with Gasteiger partial charge in [-0.25, -0.2) is 0 Å². The summed E-state index contributed by atoms with van der Waals surface area (Å²) >= 11 is 1.29. The molecule has 0 radical (unpaired) electrons. The van der Waals surface area contributed by atoms with Crippen LogP contribution in [0.1, 0.15) is 59.3 Å². The van der Waals surface area contributed by atoms with Crippen molar-refractivity contribution in [2.75, 3.05) is 5.75 Å². The minimum atomic E-state index is -0.262. The Morgan fingerprint density at radius 1 is 1.19 bits per heavy atom. The molecule has 0 atom stereocenters. The fourth-order valence-corrected chi connectivity index (χ4v) is 2.57. The van der Waals surface area contributed by atoms with Gasteiger partial charge in [-0.05, 0) is 12.8 Å². The molecule has 0 saturated carbocycles. The van der Waals surface area contributed by atoms with Crippen molar-refractivity contribution >= 4 is 23.2 Å². The second kappa shape index (κ2) is 8.80. The van der Waals surface area contributed by atoms with Gasteiger partial charge in [-0.2, -0.15) is 0 Å². The molecule has 3 heteroatoms. The maximum atomic E-state index is 11.3. The Bertz CT molecular complexity index is 206. The SMILES string of the molecule is CCCCC(C=O)(CCCC)CSC(C)=O. The summed E-state index contributed by atoms with van der Waals surface area (Å²) in [5.41, 5.74) is -0.262. The van der Waals surface area contributed by atoms with Crippen LogP contribution >= 0.6 is 11.8 Å². The number of hydrogen-bond donors (Lipinski definition) is 0. The fraction of sp³-hybridized carbons (Fsp3) is 0.846. The molecule has 0 spiro atoms. The highest BCUT2D eigenvalue weighted by atomic mass is 32.2. The van der Waals surface area contributed by atoms with Gasteiger partial charge in [0.15, 0.2) is 5.12 Å². The summed E-state index contributed by atoms with van der Waals surface area (Å²) in [6.07, 6.45) is 7.29. The van der Waals surface area contributed by atoms with E-state index in [1.165, 1.54) is 11.8 Å². The molecular formula is C13H24O2S. The van der Waals surface area contributed by atoms with Gasteiger partial charge in [0.1, 0.15) is 6.29 Å². The molecule has 0 aromatic carbocycles. The molecule has 0 aliphatic heterocycles. The van der Waals surface area contributed by atoms with Gasteiger partial charge in [-0.3, -0.25) is 4.79 Å². The second-order valence-corrected chi connectivity index (χ2v) is 5.62. The van der Waals surface area contributed by atoms with E-state index in [9.17, 15) is 9.59 Å². The minimum Gasteiger partial charge on any atom is -0.303 e. The average Bonchev–Trinajstić information content (AvgIpc) is 2.29. The Kier molecular flexibility index (Phi) is 8.63. The van der Waals surface area contributed by atoms with Crippen LogP contribution in [0.25, 0.3) is 0 Å². The summed E-state index contributed by atoms with van der Waals surface area (Å²) in [7, 11) is 0. The molecule has 2 nitrogen and oxygen atoms in total. The first-order chi connectivity index (χ1) is 7.60. The predicted octanol–water partition coefficient (Wildman–Crippen LogP) is 3.83. The Balaban J connectivity index is 4.39. The topological polar surface area (TPSA) is 34.1 Å². The van der Waals surface area contributed by atoms with Gasteiger partial charge in [-0.1, -0.05) is 51.3 Å². The second-order valence-electron chi connectivity index (χ2n) is 4.47. The quantitative estimate of drug-likeness (QED) is 0.578. The molecule has 0 saturated heterocycles. The number of carbonyl (C=O) groups excluding carboxylic acids is 2. The third-order valence-corrected chi connectivity index (χ3v) is 4.00. The first kappa shape index (κ1) is 15.7. The fourth-order valence-electron chi connectivity index (χ4n) is 1.72. The van der Waals surface area contributed by atoms with Crippen molar-refractivity contribution in [1.82, 2.24) is 0 Å². The Hall–Kier alpha value is -0.310. The zero-order valence-electron chi connectivity index (χ0n) is 10.8. The summed E-state index contributed by atoms with van der Waals surface area (Å²) in [5, 5.41) is 0.110. The van der Waals surface area contributed by atoms with E-state index >= 15 is 0 Å². The Morgan fingerprint density at radius 2 is 1.69 bits per heavy atom. The van der Waals surface area contributed by atoms with Gasteiger partial charge in [0, 0.05) is 18.1 Å². The average molecular weight is 244 g/mol. The van der Waals surface area contributed by atoms with Crippen LogP contribution in [0.5, 0.6) is 0 Å². The van der Waals surface area contributed by atoms with E-state index in [0.717, 1.165) is 44.8 Å². The first-order valence-corrected chi connectivity index (χ1v) is 7.18. The molecule has 0 amide bonds. The number of unbranched alkanes of at least 4 members (excludes halogenated alkanes) is 2. The molecule has 0 aliphatic rings. The minimum absolute atomic E-state index is 0.110. The van der Waals surface area contributed by atoms with Crippen LogP contribution in [0.15, 0.2) is 0 Å². The van der Waals surface area contributed by atoms with E-state index in [0.29, 0.717) is 5.75 Å². The molecule has 16 heavy (non-hydrogen) atoms. The van der Waals surface area contributed by atoms with E-state index in [-0.39, 0.29) is 10.5 Å². The maximum absolute atomic E-state index is 11.3. The molecular weight excluding hydrogens is 220 g/mol. The van der Waals surface area contributed by atoms with E-state index in [4.69, 9.17) is 0 Å². The van der Waals surface area contributed by atoms with Gasteiger partial charge in [0.2, 0.25) is 0 Å². The third-order valence-electron chi connectivity index (χ3n) is 2.87. The van der Waals surface area contributed by atoms with E-state index in [1.807, 2.05) is 0 Å². The van der Waals surface area contributed by atoms with Crippen LogP contribution in [0.2, 0.25) is 0 Å². The van der Waals surface area contributed by atoms with E-state index < -0.39 is 0 Å². The lowest BCUT2D eigenvalue weighted by Crippen LogP contribution is -2.26. The van der Waals surface area contributed by atoms with Crippen LogP contribution < -0.4 is 0 Å². The molecule has 0 bridgehead atoms. The van der Waals surface area contributed by atoms with Crippen molar-refractivity contribution < 1.29 is 9.59 Å². The van der Waals surface area contributed by atoms with Crippen molar-refractivity contribution in [2.45, 2.75) is 59.3 Å². The van der Waals surface area contributed by atoms with E-state index in [2.05, 4.69) is 13.8 Å². The maximum Gasteiger partial charge on any atom is 0.185 e. The van der Waals surface area contributed by atoms with Crippen molar-refractivity contribution in [3.05, 3.63) is 0 Å². The first-order valence-electron chi connectivity index (χ1n) is 6.20. The molecule has 0 fully saturated rings. The zero-order chi connectivity index (χ0) is 12.4. The standard InChI is InChI=1S/C13H24O2S/c1-4-6-8-13(10-14,9-7-5-2)11-16-12(3)15/h10H,4-9,11H2,1-3H3. The van der Waals surface area contributed by atoms with Crippen LogP contribution in [0.4, 0.5) is 0 Å². The molecule has 0 heterocycles. The number of carbonyl (C=O) groups is 2. The van der Waals surface area contributed by atoms with Gasteiger partial charge >= 0.3 is 0 Å². The highest BCUT2D eigenvalue weighted by Crippen LogP contribution is 2.33. The van der Waals surface area contributed by atoms with Crippen molar-refractivity contribution in [2.24, 2.45) is 5.41 Å². The molecule has 94 valence electrons. The van der Waals surface area contributed by atoms with Crippen LogP contribution in [-0.2, 0) is 9.59 Å². The highest BCUT2D eigenvalue weighted by molar-refractivity contribution is 8.13. The predicted molar refractivity (Wildman–Crippen MR) is 70.7 cm³/mol. The molecule has 0 rings (SSSR count). The van der Waals surface area contributed by atoms with Crippen molar-refractivity contribution in [3.63, 3.8) is 0 Å². The van der Waals surface area contributed by atoms with Gasteiger partial charge < -0.3 is 4.79 Å². The lowest BCUT2D eigenvalue weighted by atomic mass is 9.81. The Morgan fingerprint density at radius 3 is 2.00 bits per heavy atom. The Labute approximate surface area is 104 Å². The molecule has 0 aliphatic carbocycles. The molecule has 0 aromatic rings. The smallest absolute Gasteiger partial charge is 0.185 e. The summed E-state index contributed by atoms with van der Waals surface area (Å²) in [4.78, 5) is 22.3. The number of aldehydes is 1. The monoisotopic (exact) mass is 244 g/mol. The zero-order valence-corrected chi connectivity index (χ0v) is 11.6. The number of rotatable bonds is 9. The van der Waals surface area contributed by atoms with Crippen molar-refractivity contribution in [1.29, 1.82) is 0 Å². The molecule has 0 unspecified atom stereocenters. The van der Waals surface area contributed by atoms with Gasteiger partial charge in [-0.15, -0.1) is 0 Å². The van der Waals surface area contributed by atoms with Crippen LogP contribution in [0, 0.1) is 5.41 Å². The van der Waals surface area contributed by atoms with Crippen molar-refractivity contribution in [3.8, 4) is 0 Å². The van der Waals surface area contributed by atoms with E-state index in [1.54, 1.807) is 6.92 Å². The van der Waals surface area contributed by atoms with Gasteiger partial charge in [0.25, 0.3) is 0 Å². The summed E-state index contributed by atoms with van der Waals surface area (Å²) in [6.45, 7) is 5.83. The molecule has 0 aromatic heterocycles. The summed E-state index contributed by atoms with van der Waals surface area (Å²) in [5.74, 6) is 0.659. The molecule has 0 N–H and O–H groups in total. The van der Waals surface area contributed by atoms with Crippen LogP contribution in [-0.4, -0.2) is 17.2 Å². The number of thioether (sulfide) groups is 1. The number of hydrogen-bond acceptors (Lipinski definition) is 3. The third kappa shape index (κ3) is 6.31. The van der Waals surface area contributed by atoms with Gasteiger partial charge in [0.05, 0.1) is 0 Å². The largest absolute Gasteiger partial charge is 0.303 e. The highest BCUT2D eigenvalue weighted by Gasteiger charge is 2.29. The lowest BCUT2D eigenvalue weighted by molar-refractivity contribution is -0.115. The normalized spacial score (nSPS) is 11.4.